The summed E-state index contributed by atoms with van der Waals surface area (Å²) in [6, 6.07) is 7.50. The average molecular weight is 518 g/mol. The number of benzene rings is 1. The molecular weight excluding hydrogens is 494 g/mol. The number of hydrogen-bond donors (Lipinski definition) is 0. The third-order valence-corrected chi connectivity index (χ3v) is 8.09. The fourth-order valence-electron chi connectivity index (χ4n) is 4.15. The summed E-state index contributed by atoms with van der Waals surface area (Å²) in [5.41, 5.74) is 2.95. The van der Waals surface area contributed by atoms with Crippen LogP contribution in [0.5, 0.6) is 5.75 Å². The SMILES string of the molecule is Cc1nc(COc2ccc(Cl)cc2)sc1C(=O)N1CC(N2CCN(C(=O)c3cscn3)CC2)C1. The molecule has 2 aliphatic heterocycles. The Hall–Kier alpha value is -2.53. The minimum absolute atomic E-state index is 0.00262. The normalized spacial score (nSPS) is 17.0. The molecule has 5 rings (SSSR count). The number of likely N-dealkylation sites (tertiary alicyclic amines) is 1. The number of thiazole rings is 2. The Morgan fingerprint density at radius 3 is 2.50 bits per heavy atom. The number of carbonyl (C=O) groups excluding carboxylic acids is 2. The standard InChI is InChI=1S/C23H24ClN5O3S2/c1-15-21(34-20(26-15)12-32-18-4-2-16(24)3-5-18)23(31)29-10-17(11-29)27-6-8-28(9-7-27)22(30)19-13-33-14-25-19/h2-5,13-14,17H,6-12H2,1H3. The number of hydrogen-bond acceptors (Lipinski definition) is 8. The van der Waals surface area contributed by atoms with Crippen LogP contribution in [0.25, 0.3) is 0 Å². The van der Waals surface area contributed by atoms with Gasteiger partial charge in [0.2, 0.25) is 0 Å². The maximum Gasteiger partial charge on any atom is 0.273 e. The smallest absolute Gasteiger partial charge is 0.273 e. The van der Waals surface area contributed by atoms with Crippen LogP contribution in [0.2, 0.25) is 5.02 Å². The van der Waals surface area contributed by atoms with Crippen LogP contribution >= 0.6 is 34.3 Å². The van der Waals surface area contributed by atoms with Gasteiger partial charge in [0, 0.05) is 55.7 Å². The van der Waals surface area contributed by atoms with Crippen LogP contribution in [-0.2, 0) is 6.61 Å². The summed E-state index contributed by atoms with van der Waals surface area (Å²) in [7, 11) is 0. The Labute approximate surface area is 210 Å². The molecule has 0 radical (unpaired) electrons. The Morgan fingerprint density at radius 2 is 1.82 bits per heavy atom. The van der Waals surface area contributed by atoms with E-state index in [1.807, 2.05) is 28.9 Å². The van der Waals surface area contributed by atoms with Gasteiger partial charge in [0.25, 0.3) is 11.8 Å². The Bertz CT molecular complexity index is 1150. The molecule has 178 valence electrons. The van der Waals surface area contributed by atoms with E-state index in [2.05, 4.69) is 14.9 Å². The molecule has 34 heavy (non-hydrogen) atoms. The number of aryl methyl sites for hydroxylation is 1. The topological polar surface area (TPSA) is 78.9 Å². The molecule has 4 heterocycles. The molecule has 11 heteroatoms. The number of nitrogens with zero attached hydrogens (tertiary/aromatic N) is 5. The van der Waals surface area contributed by atoms with Crippen LogP contribution < -0.4 is 4.74 Å². The molecule has 2 aliphatic rings. The highest BCUT2D eigenvalue weighted by molar-refractivity contribution is 7.13. The van der Waals surface area contributed by atoms with E-state index in [9.17, 15) is 9.59 Å². The van der Waals surface area contributed by atoms with E-state index in [0.717, 1.165) is 23.8 Å². The van der Waals surface area contributed by atoms with Gasteiger partial charge >= 0.3 is 0 Å². The zero-order valence-corrected chi connectivity index (χ0v) is 21.0. The molecule has 8 nitrogen and oxygen atoms in total. The summed E-state index contributed by atoms with van der Waals surface area (Å²) in [4.78, 5) is 40.9. The van der Waals surface area contributed by atoms with Crippen molar-refractivity contribution in [3.63, 3.8) is 0 Å². The number of carbonyl (C=O) groups is 2. The van der Waals surface area contributed by atoms with Gasteiger partial charge in [-0.1, -0.05) is 11.6 Å². The molecule has 0 unspecified atom stereocenters. The van der Waals surface area contributed by atoms with E-state index < -0.39 is 0 Å². The van der Waals surface area contributed by atoms with Crippen LogP contribution in [0.3, 0.4) is 0 Å². The second-order valence-electron chi connectivity index (χ2n) is 8.33. The minimum Gasteiger partial charge on any atom is -0.486 e. The second kappa shape index (κ2) is 9.99. The molecule has 0 bridgehead atoms. The monoisotopic (exact) mass is 517 g/mol. The lowest BCUT2D eigenvalue weighted by Gasteiger charge is -2.48. The first kappa shape index (κ1) is 23.2. The van der Waals surface area contributed by atoms with Crippen LogP contribution in [0.15, 0.2) is 35.2 Å². The number of halogens is 1. The Kier molecular flexibility index (Phi) is 6.82. The van der Waals surface area contributed by atoms with Crippen LogP contribution in [0, 0.1) is 6.92 Å². The summed E-state index contributed by atoms with van der Waals surface area (Å²) < 4.78 is 5.77. The molecule has 3 aromatic rings. The van der Waals surface area contributed by atoms with Gasteiger partial charge in [0.15, 0.2) is 0 Å². The van der Waals surface area contributed by atoms with Gasteiger partial charge in [-0.15, -0.1) is 22.7 Å². The molecule has 2 amide bonds. The lowest BCUT2D eigenvalue weighted by molar-refractivity contribution is 0.00865. The number of rotatable bonds is 6. The van der Waals surface area contributed by atoms with Crippen molar-refractivity contribution in [2.45, 2.75) is 19.6 Å². The highest BCUT2D eigenvalue weighted by Gasteiger charge is 2.38. The molecule has 2 fully saturated rings. The van der Waals surface area contributed by atoms with E-state index in [0.29, 0.717) is 60.2 Å². The summed E-state index contributed by atoms with van der Waals surface area (Å²) >= 11 is 8.73. The predicted octanol–water partition coefficient (Wildman–Crippen LogP) is 3.42. The van der Waals surface area contributed by atoms with Gasteiger partial charge in [-0.2, -0.15) is 0 Å². The van der Waals surface area contributed by atoms with Gasteiger partial charge in [0.1, 0.15) is 27.9 Å². The first-order chi connectivity index (χ1) is 16.5. The molecule has 0 spiro atoms. The molecule has 2 aromatic heterocycles. The molecule has 2 saturated heterocycles. The maximum absolute atomic E-state index is 13.0. The quantitative estimate of drug-likeness (QED) is 0.498. The van der Waals surface area contributed by atoms with E-state index in [4.69, 9.17) is 16.3 Å². The second-order valence-corrected chi connectivity index (χ2v) is 10.6. The first-order valence-electron chi connectivity index (χ1n) is 11.0. The first-order valence-corrected chi connectivity index (χ1v) is 13.2. The average Bonchev–Trinajstić information content (AvgIpc) is 3.48. The summed E-state index contributed by atoms with van der Waals surface area (Å²) in [6.07, 6.45) is 0. The summed E-state index contributed by atoms with van der Waals surface area (Å²) in [5, 5.41) is 3.22. The summed E-state index contributed by atoms with van der Waals surface area (Å²) in [5.74, 6) is 0.744. The molecule has 0 atom stereocenters. The van der Waals surface area contributed by atoms with Crippen molar-refractivity contribution in [1.82, 2.24) is 24.7 Å². The number of amides is 2. The zero-order chi connectivity index (χ0) is 23.7. The van der Waals surface area contributed by atoms with E-state index in [1.165, 1.54) is 22.7 Å². The van der Waals surface area contributed by atoms with Gasteiger partial charge in [0.05, 0.1) is 11.2 Å². The minimum atomic E-state index is 0.00262. The number of piperazine rings is 1. The van der Waals surface area contributed by atoms with Gasteiger partial charge in [-0.25, -0.2) is 9.97 Å². The van der Waals surface area contributed by atoms with E-state index >= 15 is 0 Å². The number of ether oxygens (including phenoxy) is 1. The zero-order valence-electron chi connectivity index (χ0n) is 18.6. The third kappa shape index (κ3) is 4.95. The van der Waals surface area contributed by atoms with E-state index in [-0.39, 0.29) is 11.8 Å². The van der Waals surface area contributed by atoms with Crippen LogP contribution in [0.1, 0.15) is 30.9 Å². The molecule has 1 aromatic carbocycles. The fraction of sp³-hybridized carbons (Fsp3) is 0.391. The highest BCUT2D eigenvalue weighted by Crippen LogP contribution is 2.26. The van der Waals surface area contributed by atoms with Gasteiger partial charge < -0.3 is 14.5 Å². The largest absolute Gasteiger partial charge is 0.486 e. The molecule has 0 aliphatic carbocycles. The molecular formula is C23H24ClN5O3S2. The lowest BCUT2D eigenvalue weighted by atomic mass is 10.1. The van der Waals surface area contributed by atoms with Crippen molar-refractivity contribution in [1.29, 1.82) is 0 Å². The van der Waals surface area contributed by atoms with Crippen LogP contribution in [-0.4, -0.2) is 81.8 Å². The van der Waals surface area contributed by atoms with Gasteiger partial charge in [-0.3, -0.25) is 14.5 Å². The Morgan fingerprint density at radius 1 is 1.09 bits per heavy atom. The van der Waals surface area contributed by atoms with E-state index in [1.54, 1.807) is 23.0 Å². The van der Waals surface area contributed by atoms with Gasteiger partial charge in [-0.05, 0) is 31.2 Å². The van der Waals surface area contributed by atoms with Crippen molar-refractivity contribution in [2.75, 3.05) is 39.3 Å². The Balaban J connectivity index is 1.10. The predicted molar refractivity (Wildman–Crippen MR) is 132 cm³/mol. The highest BCUT2D eigenvalue weighted by atomic mass is 35.5. The third-order valence-electron chi connectivity index (χ3n) is 6.13. The number of aromatic nitrogens is 2. The maximum atomic E-state index is 13.0. The molecule has 0 N–H and O–H groups in total. The fourth-order valence-corrected chi connectivity index (χ4v) is 5.75. The van der Waals surface area contributed by atoms with Crippen molar-refractivity contribution >= 4 is 46.1 Å². The van der Waals surface area contributed by atoms with Crippen molar-refractivity contribution in [2.24, 2.45) is 0 Å². The van der Waals surface area contributed by atoms with Crippen LogP contribution in [0.4, 0.5) is 0 Å². The van der Waals surface area contributed by atoms with Crippen molar-refractivity contribution in [3.05, 3.63) is 61.5 Å². The van der Waals surface area contributed by atoms with Crippen molar-refractivity contribution in [3.8, 4) is 5.75 Å². The lowest BCUT2D eigenvalue weighted by Crippen LogP contribution is -2.64. The summed E-state index contributed by atoms with van der Waals surface area (Å²) in [6.45, 7) is 6.58. The molecule has 0 saturated carbocycles. The van der Waals surface area contributed by atoms with Crippen molar-refractivity contribution < 1.29 is 14.3 Å².